The monoisotopic (exact) mass is 282 g/mol. The molecule has 100 valence electrons. The van der Waals surface area contributed by atoms with Crippen LogP contribution in [0.3, 0.4) is 0 Å². The van der Waals surface area contributed by atoms with Crippen molar-refractivity contribution >= 4 is 11.6 Å². The maximum Gasteiger partial charge on any atom is 0.334 e. The van der Waals surface area contributed by atoms with Crippen LogP contribution in [0.5, 0.6) is 0 Å². The lowest BCUT2D eigenvalue weighted by Gasteiger charge is -2.11. The van der Waals surface area contributed by atoms with Crippen LogP contribution in [0.15, 0.2) is 27.8 Å². The van der Waals surface area contributed by atoms with Gasteiger partial charge in [0.05, 0.1) is 11.3 Å². The van der Waals surface area contributed by atoms with Crippen molar-refractivity contribution < 1.29 is 4.39 Å². The molecule has 0 saturated carbocycles. The standard InChI is InChI=1S/C13H12ClFN2O2/c1-3-8-11(14)16-13(19)17(12(8)18)10-7(2)5-4-6-9(10)15/h4-6H,3H2,1-2H3,(H,16,19). The zero-order chi connectivity index (χ0) is 14.2. The van der Waals surface area contributed by atoms with E-state index in [0.29, 0.717) is 12.0 Å². The molecule has 0 aliphatic rings. The van der Waals surface area contributed by atoms with Crippen molar-refractivity contribution in [3.63, 3.8) is 0 Å². The Kier molecular flexibility index (Phi) is 3.57. The molecule has 1 N–H and O–H groups in total. The highest BCUT2D eigenvalue weighted by molar-refractivity contribution is 6.30. The topological polar surface area (TPSA) is 54.9 Å². The molecule has 0 unspecified atom stereocenters. The van der Waals surface area contributed by atoms with Crippen molar-refractivity contribution in [3.8, 4) is 5.69 Å². The molecule has 2 rings (SSSR count). The number of aromatic nitrogens is 2. The van der Waals surface area contributed by atoms with Crippen LogP contribution in [-0.4, -0.2) is 9.55 Å². The number of H-pyrrole nitrogens is 1. The maximum atomic E-state index is 13.9. The lowest BCUT2D eigenvalue weighted by Crippen LogP contribution is -2.37. The smallest absolute Gasteiger partial charge is 0.297 e. The van der Waals surface area contributed by atoms with E-state index < -0.39 is 17.1 Å². The Labute approximate surface area is 113 Å². The van der Waals surface area contributed by atoms with Gasteiger partial charge in [-0.25, -0.2) is 13.8 Å². The number of benzene rings is 1. The van der Waals surface area contributed by atoms with Crippen molar-refractivity contribution in [2.24, 2.45) is 0 Å². The van der Waals surface area contributed by atoms with Gasteiger partial charge in [0, 0.05) is 0 Å². The van der Waals surface area contributed by atoms with Gasteiger partial charge in [0.15, 0.2) is 0 Å². The van der Waals surface area contributed by atoms with Crippen molar-refractivity contribution in [1.29, 1.82) is 0 Å². The zero-order valence-electron chi connectivity index (χ0n) is 10.5. The molecule has 0 fully saturated rings. The van der Waals surface area contributed by atoms with Gasteiger partial charge in [-0.1, -0.05) is 30.7 Å². The van der Waals surface area contributed by atoms with Crippen molar-refractivity contribution in [3.05, 3.63) is 61.1 Å². The largest absolute Gasteiger partial charge is 0.334 e. The highest BCUT2D eigenvalue weighted by atomic mass is 35.5. The number of rotatable bonds is 2. The van der Waals surface area contributed by atoms with E-state index in [1.165, 1.54) is 12.1 Å². The molecule has 0 amide bonds. The second-order valence-corrected chi connectivity index (χ2v) is 4.50. The number of nitrogens with one attached hydrogen (secondary N) is 1. The molecule has 1 aromatic carbocycles. The Morgan fingerprint density at radius 3 is 2.63 bits per heavy atom. The quantitative estimate of drug-likeness (QED) is 0.859. The molecule has 0 spiro atoms. The molecule has 2 aromatic rings. The second kappa shape index (κ2) is 5.01. The average molecular weight is 283 g/mol. The number of para-hydroxylation sites is 1. The predicted octanol–water partition coefficient (Wildman–Crippen LogP) is 2.19. The third-order valence-electron chi connectivity index (χ3n) is 2.91. The fourth-order valence-corrected chi connectivity index (χ4v) is 2.26. The summed E-state index contributed by atoms with van der Waals surface area (Å²) in [6.45, 7) is 3.37. The molecule has 6 heteroatoms. The summed E-state index contributed by atoms with van der Waals surface area (Å²) in [6, 6.07) is 4.35. The Morgan fingerprint density at radius 1 is 1.37 bits per heavy atom. The normalized spacial score (nSPS) is 10.7. The summed E-state index contributed by atoms with van der Waals surface area (Å²) in [5, 5.41) is 0.00254. The number of aromatic amines is 1. The molecular weight excluding hydrogens is 271 g/mol. The SMILES string of the molecule is CCc1c(Cl)[nH]c(=O)n(-c2c(C)cccc2F)c1=O. The van der Waals surface area contributed by atoms with E-state index >= 15 is 0 Å². The first-order valence-electron chi connectivity index (χ1n) is 5.76. The van der Waals surface area contributed by atoms with Crippen LogP contribution in [0.2, 0.25) is 5.15 Å². The van der Waals surface area contributed by atoms with Gasteiger partial charge in [0.1, 0.15) is 11.0 Å². The maximum absolute atomic E-state index is 13.9. The van der Waals surface area contributed by atoms with E-state index in [-0.39, 0.29) is 16.4 Å². The van der Waals surface area contributed by atoms with Gasteiger partial charge in [0.2, 0.25) is 0 Å². The van der Waals surface area contributed by atoms with Gasteiger partial charge >= 0.3 is 5.69 Å². The third-order valence-corrected chi connectivity index (χ3v) is 3.23. The van der Waals surface area contributed by atoms with E-state index in [2.05, 4.69) is 4.98 Å². The summed E-state index contributed by atoms with van der Waals surface area (Å²) >= 11 is 5.81. The predicted molar refractivity (Wildman–Crippen MR) is 71.7 cm³/mol. The fraction of sp³-hybridized carbons (Fsp3) is 0.231. The second-order valence-electron chi connectivity index (χ2n) is 4.12. The van der Waals surface area contributed by atoms with Crippen LogP contribution >= 0.6 is 11.6 Å². The average Bonchev–Trinajstić information content (AvgIpc) is 2.33. The Morgan fingerprint density at radius 2 is 2.05 bits per heavy atom. The highest BCUT2D eigenvalue weighted by Crippen LogP contribution is 2.16. The Bertz CT molecular complexity index is 729. The first kappa shape index (κ1) is 13.5. The lowest BCUT2D eigenvalue weighted by atomic mass is 10.2. The van der Waals surface area contributed by atoms with Crippen LogP contribution < -0.4 is 11.2 Å². The minimum atomic E-state index is -0.750. The van der Waals surface area contributed by atoms with Crippen LogP contribution in [0.1, 0.15) is 18.1 Å². The summed E-state index contributed by atoms with van der Waals surface area (Å²) in [5.41, 5.74) is -0.633. The Balaban J connectivity index is 2.92. The number of halogens is 2. The summed E-state index contributed by atoms with van der Waals surface area (Å²) in [6.07, 6.45) is 0.349. The molecule has 0 radical (unpaired) electrons. The molecule has 1 aromatic heterocycles. The first-order chi connectivity index (χ1) is 8.97. The molecule has 0 bridgehead atoms. The van der Waals surface area contributed by atoms with Crippen LogP contribution in [0.25, 0.3) is 5.69 Å². The lowest BCUT2D eigenvalue weighted by molar-refractivity contribution is 0.609. The van der Waals surface area contributed by atoms with Crippen LogP contribution in [0, 0.1) is 12.7 Å². The van der Waals surface area contributed by atoms with Gasteiger partial charge in [0.25, 0.3) is 5.56 Å². The summed E-state index contributed by atoms with van der Waals surface area (Å²) in [5.74, 6) is -0.628. The van der Waals surface area contributed by atoms with E-state index in [1.807, 2.05) is 0 Å². The van der Waals surface area contributed by atoms with E-state index in [0.717, 1.165) is 4.57 Å². The van der Waals surface area contributed by atoms with Crippen molar-refractivity contribution in [2.45, 2.75) is 20.3 Å². The Hall–Kier alpha value is -1.88. The van der Waals surface area contributed by atoms with E-state index in [9.17, 15) is 14.0 Å². The van der Waals surface area contributed by atoms with E-state index in [1.54, 1.807) is 19.9 Å². The zero-order valence-corrected chi connectivity index (χ0v) is 11.2. The van der Waals surface area contributed by atoms with Gasteiger partial charge < -0.3 is 0 Å². The fourth-order valence-electron chi connectivity index (χ4n) is 1.96. The van der Waals surface area contributed by atoms with Gasteiger partial charge in [-0.2, -0.15) is 0 Å². The third kappa shape index (κ3) is 2.21. The molecule has 0 atom stereocenters. The van der Waals surface area contributed by atoms with Crippen molar-refractivity contribution in [1.82, 2.24) is 9.55 Å². The summed E-state index contributed by atoms with van der Waals surface area (Å²) in [7, 11) is 0. The molecule has 4 nitrogen and oxygen atoms in total. The van der Waals surface area contributed by atoms with Gasteiger partial charge in [-0.05, 0) is 25.0 Å². The van der Waals surface area contributed by atoms with Crippen LogP contribution in [-0.2, 0) is 6.42 Å². The first-order valence-corrected chi connectivity index (χ1v) is 6.14. The highest BCUT2D eigenvalue weighted by Gasteiger charge is 2.16. The van der Waals surface area contributed by atoms with E-state index in [4.69, 9.17) is 11.6 Å². The summed E-state index contributed by atoms with van der Waals surface area (Å²) in [4.78, 5) is 26.5. The molecule has 19 heavy (non-hydrogen) atoms. The number of hydrogen-bond donors (Lipinski definition) is 1. The number of aryl methyl sites for hydroxylation is 1. The van der Waals surface area contributed by atoms with Crippen molar-refractivity contribution in [2.75, 3.05) is 0 Å². The summed E-state index contributed by atoms with van der Waals surface area (Å²) < 4.78 is 14.7. The number of nitrogens with zero attached hydrogens (tertiary/aromatic N) is 1. The molecular formula is C13H12ClFN2O2. The molecule has 0 aliphatic heterocycles. The minimum absolute atomic E-state index is 0.00254. The molecule has 0 aliphatic carbocycles. The molecule has 1 heterocycles. The van der Waals surface area contributed by atoms with Gasteiger partial charge in [-0.3, -0.25) is 9.78 Å². The number of hydrogen-bond acceptors (Lipinski definition) is 2. The van der Waals surface area contributed by atoms with Crippen LogP contribution in [0.4, 0.5) is 4.39 Å². The minimum Gasteiger partial charge on any atom is -0.297 e. The van der Waals surface area contributed by atoms with Gasteiger partial charge in [-0.15, -0.1) is 0 Å². The molecule has 0 saturated heterocycles.